The summed E-state index contributed by atoms with van der Waals surface area (Å²) in [6.07, 6.45) is 0. The van der Waals surface area contributed by atoms with Gasteiger partial charge in [0.15, 0.2) is 0 Å². The molecular weight excluding hydrogens is 377 g/mol. The Morgan fingerprint density at radius 1 is 0.690 bits per heavy atom. The van der Waals surface area contributed by atoms with Crippen molar-refractivity contribution in [2.75, 3.05) is 0 Å². The molecule has 1 aromatic heterocycles. The van der Waals surface area contributed by atoms with Crippen molar-refractivity contribution in [3.63, 3.8) is 0 Å². The van der Waals surface area contributed by atoms with E-state index in [2.05, 4.69) is 93.0 Å². The van der Waals surface area contributed by atoms with Crippen LogP contribution < -0.4 is 4.57 Å². The molecule has 0 saturated carbocycles. The Morgan fingerprint density at radius 3 is 1.48 bits per heavy atom. The van der Waals surface area contributed by atoms with Gasteiger partial charge < -0.3 is 17.3 Å². The maximum Gasteiger partial charge on any atom is 0.673 e. The standard InChI is InChI=1S/C23H22N.BF4/c1-15-13-18(14-16(2)17(15)3)23-19-9-5-7-11-21(19)24(4)22-12-8-6-10-20(22)23;2-1(3,4)5/h5-14H,1-4H3;/q+1;-1. The van der Waals surface area contributed by atoms with Crippen LogP contribution in [-0.2, 0) is 7.05 Å². The molecule has 0 N–H and O–H groups in total. The monoisotopic (exact) mass is 399 g/mol. The number of para-hydroxylation sites is 2. The normalized spacial score (nSPS) is 11.4. The Kier molecular flexibility index (Phi) is 5.65. The molecule has 0 fully saturated rings. The van der Waals surface area contributed by atoms with Crippen LogP contribution >= 0.6 is 0 Å². The van der Waals surface area contributed by atoms with Crippen molar-refractivity contribution in [3.8, 4) is 11.1 Å². The Labute approximate surface area is 167 Å². The van der Waals surface area contributed by atoms with Crippen LogP contribution in [0.25, 0.3) is 32.9 Å². The zero-order valence-electron chi connectivity index (χ0n) is 16.8. The van der Waals surface area contributed by atoms with Crippen molar-refractivity contribution in [3.05, 3.63) is 77.4 Å². The second-order valence-electron chi connectivity index (χ2n) is 7.20. The summed E-state index contributed by atoms with van der Waals surface area (Å²) in [4.78, 5) is 0. The van der Waals surface area contributed by atoms with Gasteiger partial charge in [-0.15, -0.1) is 0 Å². The molecule has 4 rings (SSSR count). The van der Waals surface area contributed by atoms with E-state index in [1.54, 1.807) is 0 Å². The molecule has 3 aromatic carbocycles. The van der Waals surface area contributed by atoms with E-state index in [4.69, 9.17) is 0 Å². The topological polar surface area (TPSA) is 3.88 Å². The molecule has 0 bridgehead atoms. The molecule has 6 heteroatoms. The maximum atomic E-state index is 9.75. The first-order chi connectivity index (χ1) is 13.6. The third-order valence-corrected chi connectivity index (χ3v) is 5.29. The number of aromatic nitrogens is 1. The van der Waals surface area contributed by atoms with Gasteiger partial charge in [-0.05, 0) is 55.2 Å². The predicted molar refractivity (Wildman–Crippen MR) is 112 cm³/mol. The van der Waals surface area contributed by atoms with Gasteiger partial charge in [0.2, 0.25) is 11.0 Å². The van der Waals surface area contributed by atoms with E-state index >= 15 is 0 Å². The van der Waals surface area contributed by atoms with E-state index in [-0.39, 0.29) is 0 Å². The molecule has 0 radical (unpaired) electrons. The lowest BCUT2D eigenvalue weighted by atomic mass is 9.91. The van der Waals surface area contributed by atoms with Gasteiger partial charge in [0.05, 0.1) is 10.8 Å². The lowest BCUT2D eigenvalue weighted by Crippen LogP contribution is -2.30. The predicted octanol–water partition coefficient (Wildman–Crippen LogP) is 6.71. The molecule has 4 aromatic rings. The molecule has 0 spiro atoms. The molecule has 1 nitrogen and oxygen atoms in total. The van der Waals surface area contributed by atoms with Crippen LogP contribution in [0.3, 0.4) is 0 Å². The van der Waals surface area contributed by atoms with Gasteiger partial charge in [-0.25, -0.2) is 0 Å². The molecule has 0 saturated heterocycles. The number of nitrogens with zero attached hydrogens (tertiary/aromatic N) is 1. The van der Waals surface area contributed by atoms with Gasteiger partial charge in [0.1, 0.15) is 7.05 Å². The van der Waals surface area contributed by atoms with E-state index < -0.39 is 7.25 Å². The SMILES string of the molecule is Cc1cc(-c2c3ccccc3[n+](C)c3ccccc23)cc(C)c1C.F[B-](F)(F)F. The average molecular weight is 399 g/mol. The third kappa shape index (κ3) is 4.42. The molecule has 29 heavy (non-hydrogen) atoms. The fourth-order valence-corrected chi connectivity index (χ4v) is 3.72. The van der Waals surface area contributed by atoms with Crippen LogP contribution in [0.4, 0.5) is 17.3 Å². The molecule has 150 valence electrons. The molecular formula is C23H22BF4N. The number of halogens is 4. The summed E-state index contributed by atoms with van der Waals surface area (Å²) < 4.78 is 41.3. The summed E-state index contributed by atoms with van der Waals surface area (Å²) in [5, 5.41) is 2.61. The summed E-state index contributed by atoms with van der Waals surface area (Å²) >= 11 is 0. The van der Waals surface area contributed by atoms with Crippen LogP contribution in [0.2, 0.25) is 0 Å². The second kappa shape index (κ2) is 7.86. The molecule has 0 unspecified atom stereocenters. The Bertz CT molecular complexity index is 1110. The minimum Gasteiger partial charge on any atom is -0.418 e. The Hall–Kier alpha value is -2.89. The third-order valence-electron chi connectivity index (χ3n) is 5.29. The summed E-state index contributed by atoms with van der Waals surface area (Å²) in [5.41, 5.74) is 9.27. The van der Waals surface area contributed by atoms with Gasteiger partial charge in [0.25, 0.3) is 0 Å². The highest BCUT2D eigenvalue weighted by atomic mass is 19.5. The van der Waals surface area contributed by atoms with Gasteiger partial charge in [0, 0.05) is 17.7 Å². The highest BCUT2D eigenvalue weighted by Gasteiger charge is 2.21. The van der Waals surface area contributed by atoms with Gasteiger partial charge >= 0.3 is 7.25 Å². The lowest BCUT2D eigenvalue weighted by molar-refractivity contribution is -0.617. The van der Waals surface area contributed by atoms with Crippen LogP contribution in [-0.4, -0.2) is 7.25 Å². The highest BCUT2D eigenvalue weighted by Crippen LogP contribution is 2.35. The quantitative estimate of drug-likeness (QED) is 0.145. The fraction of sp³-hybridized carbons (Fsp3) is 0.174. The molecule has 0 aliphatic rings. The maximum absolute atomic E-state index is 9.75. The smallest absolute Gasteiger partial charge is 0.418 e. The lowest BCUT2D eigenvalue weighted by Gasteiger charge is -2.13. The summed E-state index contributed by atoms with van der Waals surface area (Å²) in [6, 6.07) is 22.1. The van der Waals surface area contributed by atoms with Crippen molar-refractivity contribution in [1.29, 1.82) is 0 Å². The molecule has 0 atom stereocenters. The largest absolute Gasteiger partial charge is 0.673 e. The van der Waals surface area contributed by atoms with E-state index in [1.807, 2.05) is 0 Å². The highest BCUT2D eigenvalue weighted by molar-refractivity contribution is 6.50. The minimum absolute atomic E-state index is 1.27. The van der Waals surface area contributed by atoms with E-state index in [0.29, 0.717) is 0 Å². The van der Waals surface area contributed by atoms with E-state index in [1.165, 1.54) is 49.6 Å². The number of fused-ring (bicyclic) bond motifs is 2. The van der Waals surface area contributed by atoms with Crippen molar-refractivity contribution in [1.82, 2.24) is 0 Å². The van der Waals surface area contributed by atoms with Gasteiger partial charge in [-0.1, -0.05) is 36.4 Å². The van der Waals surface area contributed by atoms with E-state index in [9.17, 15) is 17.3 Å². The molecule has 0 aliphatic heterocycles. The average Bonchev–Trinajstić information content (AvgIpc) is 2.65. The summed E-state index contributed by atoms with van der Waals surface area (Å²) in [7, 11) is -3.85. The first kappa shape index (κ1) is 20.8. The molecule has 1 heterocycles. The number of hydrogen-bond donors (Lipinski definition) is 0. The van der Waals surface area contributed by atoms with Crippen LogP contribution in [0.1, 0.15) is 16.7 Å². The first-order valence-electron chi connectivity index (χ1n) is 9.33. The van der Waals surface area contributed by atoms with Crippen molar-refractivity contribution in [2.24, 2.45) is 7.05 Å². The fourth-order valence-electron chi connectivity index (χ4n) is 3.72. The van der Waals surface area contributed by atoms with Gasteiger partial charge in [-0.3, -0.25) is 0 Å². The number of hydrogen-bond acceptors (Lipinski definition) is 0. The Morgan fingerprint density at radius 2 is 1.07 bits per heavy atom. The van der Waals surface area contributed by atoms with Crippen molar-refractivity contribution in [2.45, 2.75) is 20.8 Å². The van der Waals surface area contributed by atoms with Crippen LogP contribution in [0.15, 0.2) is 60.7 Å². The van der Waals surface area contributed by atoms with Crippen molar-refractivity contribution >= 4 is 29.1 Å². The Balaban J connectivity index is 0.000000431. The van der Waals surface area contributed by atoms with Crippen LogP contribution in [0.5, 0.6) is 0 Å². The van der Waals surface area contributed by atoms with Crippen LogP contribution in [0, 0.1) is 20.8 Å². The van der Waals surface area contributed by atoms with E-state index in [0.717, 1.165) is 0 Å². The molecule has 0 aliphatic carbocycles. The first-order valence-corrected chi connectivity index (χ1v) is 9.33. The minimum atomic E-state index is -6.00. The second-order valence-corrected chi connectivity index (χ2v) is 7.20. The molecule has 0 amide bonds. The number of benzene rings is 3. The zero-order valence-corrected chi connectivity index (χ0v) is 16.8. The zero-order chi connectivity index (χ0) is 21.3. The van der Waals surface area contributed by atoms with Gasteiger partial charge in [-0.2, -0.15) is 4.57 Å². The summed E-state index contributed by atoms with van der Waals surface area (Å²) in [6.45, 7) is 6.62. The number of pyridine rings is 1. The number of rotatable bonds is 1. The van der Waals surface area contributed by atoms with Crippen molar-refractivity contribution < 1.29 is 21.8 Å². The number of aryl methyl sites for hydroxylation is 3. The summed E-state index contributed by atoms with van der Waals surface area (Å²) in [5.74, 6) is 0.